The minimum Gasteiger partial charge on any atom is -0.355 e. The molecule has 5 rings (SSSR count). The number of nitrogens with one attached hydrogen (secondary N) is 1. The van der Waals surface area contributed by atoms with Crippen LogP contribution >= 0.6 is 0 Å². The highest BCUT2D eigenvalue weighted by Crippen LogP contribution is 2.53. The van der Waals surface area contributed by atoms with Crippen LogP contribution in [0.4, 0.5) is 11.4 Å². The van der Waals surface area contributed by atoms with Crippen molar-refractivity contribution in [2.24, 2.45) is 0 Å². The summed E-state index contributed by atoms with van der Waals surface area (Å²) in [6.07, 6.45) is 7.87. The first-order valence-corrected chi connectivity index (χ1v) is 16.1. The van der Waals surface area contributed by atoms with Crippen LogP contribution in [0.5, 0.6) is 0 Å². The van der Waals surface area contributed by atoms with Gasteiger partial charge in [-0.25, -0.2) is 0 Å². The summed E-state index contributed by atoms with van der Waals surface area (Å²) >= 11 is 0. The van der Waals surface area contributed by atoms with Gasteiger partial charge in [-0.3, -0.25) is 0 Å². The molecular weight excluding hydrogens is 474 g/mol. The summed E-state index contributed by atoms with van der Waals surface area (Å²) in [5.41, 5.74) is 12.9. The number of hydrogen-bond acceptors (Lipinski definition) is 1. The highest BCUT2D eigenvalue weighted by atomic mass is 28.3. The molecule has 0 amide bonds. The molecule has 0 saturated heterocycles. The Morgan fingerprint density at radius 2 is 1.29 bits per heavy atom. The third-order valence-electron chi connectivity index (χ3n) is 8.44. The van der Waals surface area contributed by atoms with E-state index in [-0.39, 0.29) is 0 Å². The summed E-state index contributed by atoms with van der Waals surface area (Å²) in [6.45, 7) is 14.0. The van der Waals surface area contributed by atoms with E-state index in [1.807, 2.05) is 0 Å². The minimum atomic E-state index is -0.747. The second-order valence-electron chi connectivity index (χ2n) is 10.7. The zero-order chi connectivity index (χ0) is 26.9. The molecule has 0 heterocycles. The first kappa shape index (κ1) is 26.0. The SMILES string of the molecule is Cc1c(C)c(C)c(C(C2=CC=CC2)(c2ccccc2)c2ccccc2[Si](C)C)c(Nc2ccccc2)c1C. The van der Waals surface area contributed by atoms with Gasteiger partial charge in [0.15, 0.2) is 0 Å². The van der Waals surface area contributed by atoms with Crippen molar-refractivity contribution in [1.82, 2.24) is 0 Å². The fraction of sp³-hybridized carbons (Fsp3) is 0.222. The number of allylic oxidation sites excluding steroid dienone is 4. The van der Waals surface area contributed by atoms with Crippen molar-refractivity contribution in [3.05, 3.63) is 148 Å². The number of para-hydroxylation sites is 1. The number of anilines is 2. The first-order valence-electron chi connectivity index (χ1n) is 13.6. The van der Waals surface area contributed by atoms with E-state index in [1.165, 1.54) is 55.4 Å². The Hall–Kier alpha value is -3.62. The molecule has 1 nitrogen and oxygen atoms in total. The van der Waals surface area contributed by atoms with Crippen molar-refractivity contribution >= 4 is 25.4 Å². The van der Waals surface area contributed by atoms with Crippen molar-refractivity contribution in [2.45, 2.75) is 52.6 Å². The topological polar surface area (TPSA) is 12.0 Å². The lowest BCUT2D eigenvalue weighted by Crippen LogP contribution is -2.41. The summed E-state index contributed by atoms with van der Waals surface area (Å²) in [6, 6.07) is 31.1. The molecule has 0 aliphatic heterocycles. The maximum atomic E-state index is 3.93. The van der Waals surface area contributed by atoms with Gasteiger partial charge in [-0.1, -0.05) is 109 Å². The average molecular weight is 513 g/mol. The predicted octanol–water partition coefficient (Wildman–Crippen LogP) is 8.85. The fourth-order valence-corrected chi connectivity index (χ4v) is 7.46. The molecule has 1 radical (unpaired) electrons. The van der Waals surface area contributed by atoms with Gasteiger partial charge in [0.2, 0.25) is 0 Å². The number of benzene rings is 4. The summed E-state index contributed by atoms with van der Waals surface area (Å²) in [7, 11) is -0.747. The molecule has 4 aromatic rings. The van der Waals surface area contributed by atoms with Crippen molar-refractivity contribution in [3.63, 3.8) is 0 Å². The Kier molecular flexibility index (Phi) is 7.27. The van der Waals surface area contributed by atoms with Gasteiger partial charge in [-0.05, 0) is 90.8 Å². The van der Waals surface area contributed by atoms with Gasteiger partial charge < -0.3 is 5.32 Å². The Balaban J connectivity index is 2.00. The third-order valence-corrected chi connectivity index (χ3v) is 9.95. The Bertz CT molecular complexity index is 1510. The molecule has 1 aliphatic carbocycles. The summed E-state index contributed by atoms with van der Waals surface area (Å²) < 4.78 is 0. The lowest BCUT2D eigenvalue weighted by atomic mass is 9.61. The Labute approximate surface area is 230 Å². The van der Waals surface area contributed by atoms with Gasteiger partial charge in [0.05, 0.1) is 14.2 Å². The van der Waals surface area contributed by atoms with Crippen molar-refractivity contribution in [2.75, 3.05) is 5.32 Å². The maximum Gasteiger partial charge on any atom is 0.0796 e. The maximum absolute atomic E-state index is 3.93. The van der Waals surface area contributed by atoms with Crippen LogP contribution in [-0.4, -0.2) is 8.80 Å². The molecule has 0 bridgehead atoms. The van der Waals surface area contributed by atoms with Gasteiger partial charge >= 0.3 is 0 Å². The second-order valence-corrected chi connectivity index (χ2v) is 13.3. The molecule has 1 atom stereocenters. The van der Waals surface area contributed by atoms with E-state index in [9.17, 15) is 0 Å². The molecule has 1 aliphatic rings. The van der Waals surface area contributed by atoms with Crippen LogP contribution in [0.25, 0.3) is 0 Å². The first-order chi connectivity index (χ1) is 18.4. The second kappa shape index (κ2) is 10.6. The zero-order valence-corrected chi connectivity index (χ0v) is 24.5. The average Bonchev–Trinajstić information content (AvgIpc) is 3.49. The fourth-order valence-electron chi connectivity index (χ4n) is 6.22. The Morgan fingerprint density at radius 1 is 0.684 bits per heavy atom. The van der Waals surface area contributed by atoms with E-state index in [4.69, 9.17) is 0 Å². The molecule has 38 heavy (non-hydrogen) atoms. The summed E-state index contributed by atoms with van der Waals surface area (Å²) in [4.78, 5) is 0. The third kappa shape index (κ3) is 4.27. The van der Waals surface area contributed by atoms with Crippen LogP contribution in [0.2, 0.25) is 13.1 Å². The van der Waals surface area contributed by atoms with Crippen LogP contribution in [-0.2, 0) is 5.41 Å². The van der Waals surface area contributed by atoms with Crippen LogP contribution in [0.1, 0.15) is 45.4 Å². The largest absolute Gasteiger partial charge is 0.355 e. The molecule has 2 heteroatoms. The molecule has 0 spiro atoms. The van der Waals surface area contributed by atoms with Crippen LogP contribution in [0.15, 0.2) is 109 Å². The lowest BCUT2D eigenvalue weighted by Gasteiger charge is -2.43. The molecular formula is C36H38NSi. The van der Waals surface area contributed by atoms with Crippen LogP contribution < -0.4 is 10.5 Å². The number of hydrogen-bond donors (Lipinski definition) is 1. The molecule has 1 unspecified atom stereocenters. The van der Waals surface area contributed by atoms with Crippen molar-refractivity contribution in [3.8, 4) is 0 Å². The molecule has 191 valence electrons. The van der Waals surface area contributed by atoms with E-state index >= 15 is 0 Å². The van der Waals surface area contributed by atoms with E-state index in [0.717, 1.165) is 12.1 Å². The summed E-state index contributed by atoms with van der Waals surface area (Å²) in [5.74, 6) is 0. The van der Waals surface area contributed by atoms with Gasteiger partial charge in [0.1, 0.15) is 0 Å². The quantitative estimate of drug-likeness (QED) is 0.193. The molecule has 0 saturated carbocycles. The molecule has 0 fully saturated rings. The highest BCUT2D eigenvalue weighted by Gasteiger charge is 2.45. The monoisotopic (exact) mass is 512 g/mol. The minimum absolute atomic E-state index is 0.423. The zero-order valence-electron chi connectivity index (χ0n) is 23.5. The van der Waals surface area contributed by atoms with E-state index in [2.05, 4.69) is 149 Å². The van der Waals surface area contributed by atoms with E-state index in [1.54, 1.807) is 0 Å². The van der Waals surface area contributed by atoms with Crippen LogP contribution in [0, 0.1) is 27.7 Å². The van der Waals surface area contributed by atoms with E-state index < -0.39 is 14.2 Å². The van der Waals surface area contributed by atoms with Gasteiger partial charge in [0, 0.05) is 11.4 Å². The van der Waals surface area contributed by atoms with Crippen molar-refractivity contribution in [1.29, 1.82) is 0 Å². The summed E-state index contributed by atoms with van der Waals surface area (Å²) in [5, 5.41) is 5.42. The van der Waals surface area contributed by atoms with E-state index in [0.29, 0.717) is 0 Å². The molecule has 0 aromatic heterocycles. The predicted molar refractivity (Wildman–Crippen MR) is 167 cm³/mol. The van der Waals surface area contributed by atoms with Gasteiger partial charge in [0.25, 0.3) is 0 Å². The Morgan fingerprint density at radius 3 is 1.92 bits per heavy atom. The molecule has 4 aromatic carbocycles. The standard InChI is InChI=1S/C36H38NSi/c1-25-26(2)28(4)35(37-31-21-11-8-12-22-31)34(27(25)3)36(30-19-13-14-20-30,29-17-9-7-10-18-29)32-23-15-16-24-33(32)38(5)6/h7-19,21-24,37H,20H2,1-6H3. The van der Waals surface area contributed by atoms with Crippen molar-refractivity contribution < 1.29 is 0 Å². The van der Waals surface area contributed by atoms with Gasteiger partial charge in [-0.2, -0.15) is 0 Å². The smallest absolute Gasteiger partial charge is 0.0796 e. The normalized spacial score (nSPS) is 14.4. The highest BCUT2D eigenvalue weighted by molar-refractivity contribution is 6.71. The van der Waals surface area contributed by atoms with Crippen LogP contribution in [0.3, 0.4) is 0 Å². The van der Waals surface area contributed by atoms with Gasteiger partial charge in [-0.15, -0.1) is 0 Å². The lowest BCUT2D eigenvalue weighted by molar-refractivity contribution is 0.709. The molecule has 1 N–H and O–H groups in total. The number of rotatable bonds is 7.